The van der Waals surface area contributed by atoms with Gasteiger partial charge in [-0.1, -0.05) is 42.5 Å². The van der Waals surface area contributed by atoms with Crippen LogP contribution in [0.5, 0.6) is 5.75 Å². The number of benzene rings is 2. The van der Waals surface area contributed by atoms with E-state index in [9.17, 15) is 0 Å². The van der Waals surface area contributed by atoms with Crippen molar-refractivity contribution >= 4 is 29.9 Å². The Bertz CT molecular complexity index is 675. The third kappa shape index (κ3) is 9.94. The van der Waals surface area contributed by atoms with Gasteiger partial charge in [0, 0.05) is 19.6 Å². The highest BCUT2D eigenvalue weighted by Crippen LogP contribution is 2.08. The number of nitrogens with zero attached hydrogens (tertiary/aromatic N) is 2. The van der Waals surface area contributed by atoms with Crippen molar-refractivity contribution in [2.24, 2.45) is 4.99 Å². The Balaban J connectivity index is 0.00000392. The molecule has 0 aliphatic heterocycles. The minimum atomic E-state index is 0. The summed E-state index contributed by atoms with van der Waals surface area (Å²) in [5.74, 6) is 1.75. The van der Waals surface area contributed by atoms with Gasteiger partial charge in [-0.05, 0) is 50.7 Å². The van der Waals surface area contributed by atoms with Gasteiger partial charge in [-0.2, -0.15) is 0 Å². The molecule has 154 valence electrons. The van der Waals surface area contributed by atoms with Crippen molar-refractivity contribution in [3.05, 3.63) is 65.7 Å². The van der Waals surface area contributed by atoms with E-state index in [1.54, 1.807) is 0 Å². The van der Waals surface area contributed by atoms with Crippen LogP contribution in [0.4, 0.5) is 0 Å². The van der Waals surface area contributed by atoms with E-state index < -0.39 is 0 Å². The van der Waals surface area contributed by atoms with Crippen LogP contribution in [0.2, 0.25) is 0 Å². The Morgan fingerprint density at radius 1 is 0.964 bits per heavy atom. The Kier molecular flexibility index (Phi) is 12.3. The predicted molar refractivity (Wildman–Crippen MR) is 129 cm³/mol. The van der Waals surface area contributed by atoms with Crippen LogP contribution in [-0.2, 0) is 13.1 Å². The van der Waals surface area contributed by atoms with Crippen LogP contribution >= 0.6 is 24.0 Å². The van der Waals surface area contributed by atoms with E-state index in [1.807, 2.05) is 30.3 Å². The third-order valence-corrected chi connectivity index (χ3v) is 3.91. The van der Waals surface area contributed by atoms with E-state index in [2.05, 4.69) is 65.8 Å². The highest BCUT2D eigenvalue weighted by atomic mass is 127. The van der Waals surface area contributed by atoms with E-state index in [0.717, 1.165) is 37.8 Å². The summed E-state index contributed by atoms with van der Waals surface area (Å²) in [5, 5.41) is 6.66. The first-order chi connectivity index (χ1) is 13.2. The van der Waals surface area contributed by atoms with Crippen LogP contribution in [0.25, 0.3) is 0 Å². The van der Waals surface area contributed by atoms with Gasteiger partial charge in [0.1, 0.15) is 5.75 Å². The fourth-order valence-electron chi connectivity index (χ4n) is 2.61. The Morgan fingerprint density at radius 2 is 1.64 bits per heavy atom. The fraction of sp³-hybridized carbons (Fsp3) is 0.409. The lowest BCUT2D eigenvalue weighted by atomic mass is 10.1. The molecule has 0 atom stereocenters. The second-order valence-corrected chi connectivity index (χ2v) is 6.69. The topological polar surface area (TPSA) is 48.9 Å². The molecule has 2 aromatic rings. The molecule has 0 fully saturated rings. The highest BCUT2D eigenvalue weighted by molar-refractivity contribution is 14.0. The average molecular weight is 496 g/mol. The predicted octanol–water partition coefficient (Wildman–Crippen LogP) is 3.89. The van der Waals surface area contributed by atoms with Gasteiger partial charge in [0.25, 0.3) is 0 Å². The molecule has 0 radical (unpaired) electrons. The maximum atomic E-state index is 5.71. The monoisotopic (exact) mass is 496 g/mol. The van der Waals surface area contributed by atoms with Crippen LogP contribution in [0.3, 0.4) is 0 Å². The molecule has 2 aromatic carbocycles. The van der Waals surface area contributed by atoms with Crippen molar-refractivity contribution in [3.63, 3.8) is 0 Å². The normalized spacial score (nSPS) is 11.1. The largest absolute Gasteiger partial charge is 0.494 e. The first kappa shape index (κ1) is 24.2. The quantitative estimate of drug-likeness (QED) is 0.227. The number of halogens is 1. The van der Waals surface area contributed by atoms with Gasteiger partial charge in [0.05, 0.1) is 13.2 Å². The van der Waals surface area contributed by atoms with Crippen LogP contribution in [0.1, 0.15) is 24.5 Å². The van der Waals surface area contributed by atoms with Gasteiger partial charge in [-0.15, -0.1) is 24.0 Å². The molecule has 0 amide bonds. The number of ether oxygens (including phenoxy) is 1. The number of hydrogen-bond donors (Lipinski definition) is 2. The number of hydrogen-bond acceptors (Lipinski definition) is 3. The van der Waals surface area contributed by atoms with Gasteiger partial charge in [-0.3, -0.25) is 0 Å². The number of aliphatic imine (C=N–C) groups is 1. The molecule has 2 N–H and O–H groups in total. The average Bonchev–Trinajstić information content (AvgIpc) is 2.67. The van der Waals surface area contributed by atoms with Crippen molar-refractivity contribution in [2.75, 3.05) is 33.8 Å². The lowest BCUT2D eigenvalue weighted by Crippen LogP contribution is -2.38. The molecule has 6 heteroatoms. The Labute approximate surface area is 186 Å². The lowest BCUT2D eigenvalue weighted by molar-refractivity contribution is 0.311. The second-order valence-electron chi connectivity index (χ2n) is 6.69. The van der Waals surface area contributed by atoms with Crippen LogP contribution in [0.15, 0.2) is 59.6 Å². The van der Waals surface area contributed by atoms with Crippen LogP contribution in [-0.4, -0.2) is 44.7 Å². The van der Waals surface area contributed by atoms with Crippen molar-refractivity contribution in [2.45, 2.75) is 26.4 Å². The van der Waals surface area contributed by atoms with E-state index in [1.165, 1.54) is 11.1 Å². The number of para-hydroxylation sites is 1. The first-order valence-electron chi connectivity index (χ1n) is 9.60. The van der Waals surface area contributed by atoms with E-state index in [-0.39, 0.29) is 24.0 Å². The van der Waals surface area contributed by atoms with E-state index in [4.69, 9.17) is 4.74 Å². The summed E-state index contributed by atoms with van der Waals surface area (Å²) in [6.07, 6.45) is 0.915. The van der Waals surface area contributed by atoms with Crippen LogP contribution in [0, 0.1) is 0 Å². The van der Waals surface area contributed by atoms with Gasteiger partial charge in [-0.25, -0.2) is 4.99 Å². The minimum Gasteiger partial charge on any atom is -0.494 e. The summed E-state index contributed by atoms with van der Waals surface area (Å²) < 4.78 is 5.71. The molecular formula is C22H33IN4O. The maximum absolute atomic E-state index is 5.71. The SMILES string of the molecule is CCNC(=NCc1ccc(CN(C)C)cc1)NCCCOc1ccccc1.I. The lowest BCUT2D eigenvalue weighted by Gasteiger charge is -2.12. The molecule has 0 spiro atoms. The zero-order chi connectivity index (χ0) is 19.3. The maximum Gasteiger partial charge on any atom is 0.191 e. The molecule has 5 nitrogen and oxygen atoms in total. The van der Waals surface area contributed by atoms with Crippen molar-refractivity contribution in [1.29, 1.82) is 0 Å². The summed E-state index contributed by atoms with van der Waals surface area (Å²) in [5.41, 5.74) is 2.53. The molecule has 0 aliphatic carbocycles. The second kappa shape index (κ2) is 14.2. The number of nitrogens with one attached hydrogen (secondary N) is 2. The smallest absolute Gasteiger partial charge is 0.191 e. The molecule has 0 heterocycles. The van der Waals surface area contributed by atoms with E-state index in [0.29, 0.717) is 13.2 Å². The Hall–Kier alpha value is -1.80. The van der Waals surface area contributed by atoms with E-state index >= 15 is 0 Å². The van der Waals surface area contributed by atoms with Crippen molar-refractivity contribution in [3.8, 4) is 5.75 Å². The Morgan fingerprint density at radius 3 is 2.29 bits per heavy atom. The zero-order valence-electron chi connectivity index (χ0n) is 17.1. The molecule has 2 rings (SSSR count). The molecule has 0 unspecified atom stereocenters. The van der Waals surface area contributed by atoms with Gasteiger partial charge in [0.2, 0.25) is 0 Å². The fourth-order valence-corrected chi connectivity index (χ4v) is 2.61. The summed E-state index contributed by atoms with van der Waals surface area (Å²) in [6.45, 7) is 6.04. The first-order valence-corrected chi connectivity index (χ1v) is 9.60. The molecule has 0 aliphatic rings. The third-order valence-electron chi connectivity index (χ3n) is 3.91. The molecule has 0 saturated heterocycles. The molecule has 0 bridgehead atoms. The highest BCUT2D eigenvalue weighted by Gasteiger charge is 1.99. The molecule has 0 saturated carbocycles. The van der Waals surface area contributed by atoms with Gasteiger partial charge >= 0.3 is 0 Å². The summed E-state index contributed by atoms with van der Waals surface area (Å²) >= 11 is 0. The number of guanidine groups is 1. The summed E-state index contributed by atoms with van der Waals surface area (Å²) in [6, 6.07) is 18.6. The van der Waals surface area contributed by atoms with Crippen molar-refractivity contribution < 1.29 is 4.74 Å². The summed E-state index contributed by atoms with van der Waals surface area (Å²) in [4.78, 5) is 6.84. The zero-order valence-corrected chi connectivity index (χ0v) is 19.5. The summed E-state index contributed by atoms with van der Waals surface area (Å²) in [7, 11) is 4.16. The molecular weight excluding hydrogens is 463 g/mol. The molecule has 0 aromatic heterocycles. The van der Waals surface area contributed by atoms with Gasteiger partial charge in [0.15, 0.2) is 5.96 Å². The van der Waals surface area contributed by atoms with Crippen LogP contribution < -0.4 is 15.4 Å². The molecule has 28 heavy (non-hydrogen) atoms. The van der Waals surface area contributed by atoms with Crippen molar-refractivity contribution in [1.82, 2.24) is 15.5 Å². The number of rotatable bonds is 10. The van der Waals surface area contributed by atoms with Gasteiger partial charge < -0.3 is 20.3 Å². The minimum absolute atomic E-state index is 0. The standard InChI is InChI=1S/C22H32N4O.HI/c1-4-23-22(24-15-8-16-27-21-9-6-5-7-10-21)25-17-19-11-13-20(14-12-19)18-26(2)3;/h5-7,9-14H,4,8,15-18H2,1-3H3,(H2,23,24,25);1H.